The van der Waals surface area contributed by atoms with Crippen LogP contribution < -0.4 is 0 Å². The van der Waals surface area contributed by atoms with Gasteiger partial charge in [-0.2, -0.15) is 10.1 Å². The molecule has 0 bridgehead atoms. The quantitative estimate of drug-likeness (QED) is 0.788. The Hall–Kier alpha value is -1.42. The summed E-state index contributed by atoms with van der Waals surface area (Å²) in [4.78, 5) is 3.88. The molecule has 1 aromatic carbocycles. The fourth-order valence-corrected chi connectivity index (χ4v) is 1.23. The molecule has 0 radical (unpaired) electrons. The van der Waals surface area contributed by atoms with E-state index in [2.05, 4.69) is 15.2 Å². The average Bonchev–Trinajstić information content (AvgIpc) is 2.57. The molecule has 0 saturated heterocycles. The molecule has 0 atom stereocenters. The van der Waals surface area contributed by atoms with Gasteiger partial charge < -0.3 is 0 Å². The summed E-state index contributed by atoms with van der Waals surface area (Å²) in [6.07, 6.45) is 0. The SMILES string of the molecule is Cc1ccc(-c2n[nH]c(Cl)n2)cc1F. The Bertz CT molecular complexity index is 467. The molecule has 0 aliphatic carbocycles. The number of aromatic nitrogens is 3. The first-order chi connectivity index (χ1) is 6.66. The highest BCUT2D eigenvalue weighted by Crippen LogP contribution is 2.18. The fraction of sp³-hybridized carbons (Fsp3) is 0.111. The normalized spacial score (nSPS) is 10.5. The van der Waals surface area contributed by atoms with Crippen molar-refractivity contribution in [2.24, 2.45) is 0 Å². The summed E-state index contributed by atoms with van der Waals surface area (Å²) in [5, 5.41) is 6.50. The molecule has 0 aliphatic heterocycles. The van der Waals surface area contributed by atoms with E-state index < -0.39 is 0 Å². The van der Waals surface area contributed by atoms with Crippen LogP contribution in [0.15, 0.2) is 18.2 Å². The number of hydrogen-bond donors (Lipinski definition) is 1. The molecule has 0 aliphatic rings. The lowest BCUT2D eigenvalue weighted by atomic mass is 10.1. The zero-order valence-corrected chi connectivity index (χ0v) is 8.14. The number of aryl methyl sites for hydroxylation is 1. The van der Waals surface area contributed by atoms with E-state index >= 15 is 0 Å². The van der Waals surface area contributed by atoms with Crippen LogP contribution in [0.25, 0.3) is 11.4 Å². The van der Waals surface area contributed by atoms with Crippen LogP contribution in [0.1, 0.15) is 5.56 Å². The maximum atomic E-state index is 13.2. The highest BCUT2D eigenvalue weighted by Gasteiger charge is 2.06. The van der Waals surface area contributed by atoms with Crippen molar-refractivity contribution >= 4 is 11.6 Å². The number of nitrogens with zero attached hydrogens (tertiary/aromatic N) is 2. The number of H-pyrrole nitrogens is 1. The Morgan fingerprint density at radius 3 is 2.79 bits per heavy atom. The maximum Gasteiger partial charge on any atom is 0.218 e. The molecule has 0 saturated carbocycles. The number of aromatic amines is 1. The van der Waals surface area contributed by atoms with Crippen molar-refractivity contribution in [2.75, 3.05) is 0 Å². The summed E-state index contributed by atoms with van der Waals surface area (Å²) in [6, 6.07) is 4.81. The molecular weight excluding hydrogens is 205 g/mol. The zero-order chi connectivity index (χ0) is 10.1. The van der Waals surface area contributed by atoms with Crippen molar-refractivity contribution < 1.29 is 4.39 Å². The van der Waals surface area contributed by atoms with Crippen LogP contribution in [0.3, 0.4) is 0 Å². The van der Waals surface area contributed by atoms with Gasteiger partial charge in [-0.3, -0.25) is 0 Å². The molecule has 0 amide bonds. The average molecular weight is 212 g/mol. The van der Waals surface area contributed by atoms with Crippen LogP contribution in [-0.2, 0) is 0 Å². The lowest BCUT2D eigenvalue weighted by Gasteiger charge is -1.97. The van der Waals surface area contributed by atoms with Gasteiger partial charge in [-0.05, 0) is 30.2 Å². The summed E-state index contributed by atoms with van der Waals surface area (Å²) in [5.41, 5.74) is 1.20. The highest BCUT2D eigenvalue weighted by atomic mass is 35.5. The minimum atomic E-state index is -0.275. The molecule has 1 aromatic heterocycles. The van der Waals surface area contributed by atoms with E-state index in [-0.39, 0.29) is 11.1 Å². The highest BCUT2D eigenvalue weighted by molar-refractivity contribution is 6.28. The molecule has 2 aromatic rings. The van der Waals surface area contributed by atoms with Crippen LogP contribution in [0, 0.1) is 12.7 Å². The summed E-state index contributed by atoms with van der Waals surface area (Å²) in [5.74, 6) is 0.123. The number of hydrogen-bond acceptors (Lipinski definition) is 2. The number of benzene rings is 1. The molecule has 72 valence electrons. The van der Waals surface area contributed by atoms with Crippen molar-refractivity contribution in [1.29, 1.82) is 0 Å². The van der Waals surface area contributed by atoms with Gasteiger partial charge in [0.1, 0.15) is 5.82 Å². The smallest absolute Gasteiger partial charge is 0.218 e. The van der Waals surface area contributed by atoms with Gasteiger partial charge in [-0.15, -0.1) is 0 Å². The Balaban J connectivity index is 2.47. The van der Waals surface area contributed by atoms with E-state index in [1.54, 1.807) is 19.1 Å². The Morgan fingerprint density at radius 1 is 1.43 bits per heavy atom. The predicted octanol–water partition coefficient (Wildman–Crippen LogP) is 2.57. The molecule has 0 fully saturated rings. The molecule has 0 unspecified atom stereocenters. The first-order valence-electron chi connectivity index (χ1n) is 4.01. The van der Waals surface area contributed by atoms with Crippen molar-refractivity contribution in [2.45, 2.75) is 6.92 Å². The Kier molecular flexibility index (Phi) is 2.21. The number of halogens is 2. The zero-order valence-electron chi connectivity index (χ0n) is 7.38. The van der Waals surface area contributed by atoms with Crippen LogP contribution in [0.2, 0.25) is 5.28 Å². The van der Waals surface area contributed by atoms with Gasteiger partial charge in [-0.25, -0.2) is 9.49 Å². The number of nitrogens with one attached hydrogen (secondary N) is 1. The Morgan fingerprint density at radius 2 is 2.21 bits per heavy atom. The standard InChI is InChI=1S/C9H7ClFN3/c1-5-2-3-6(4-7(5)11)8-12-9(10)14-13-8/h2-4H,1H3,(H,12,13,14). The lowest BCUT2D eigenvalue weighted by molar-refractivity contribution is 0.619. The van der Waals surface area contributed by atoms with Gasteiger partial charge in [0.05, 0.1) is 0 Å². The third-order valence-corrected chi connectivity index (χ3v) is 2.06. The van der Waals surface area contributed by atoms with E-state index in [0.717, 1.165) is 0 Å². The van der Waals surface area contributed by atoms with Gasteiger partial charge in [0, 0.05) is 5.56 Å². The third kappa shape index (κ3) is 1.61. The van der Waals surface area contributed by atoms with Gasteiger partial charge in [0.15, 0.2) is 5.82 Å². The molecule has 14 heavy (non-hydrogen) atoms. The van der Waals surface area contributed by atoms with Crippen LogP contribution in [-0.4, -0.2) is 15.2 Å². The lowest BCUT2D eigenvalue weighted by Crippen LogP contribution is -1.85. The van der Waals surface area contributed by atoms with Gasteiger partial charge >= 0.3 is 0 Å². The van der Waals surface area contributed by atoms with E-state index in [1.807, 2.05) is 0 Å². The Labute approximate surface area is 84.9 Å². The van der Waals surface area contributed by atoms with Crippen molar-refractivity contribution in [3.63, 3.8) is 0 Å². The third-order valence-electron chi connectivity index (χ3n) is 1.89. The van der Waals surface area contributed by atoms with E-state index in [9.17, 15) is 4.39 Å². The first kappa shape index (κ1) is 9.15. The fourth-order valence-electron chi connectivity index (χ4n) is 1.10. The minimum Gasteiger partial charge on any atom is -0.249 e. The summed E-state index contributed by atoms with van der Waals surface area (Å²) in [6.45, 7) is 1.70. The van der Waals surface area contributed by atoms with Gasteiger partial charge in [0.25, 0.3) is 0 Å². The second-order valence-corrected chi connectivity index (χ2v) is 3.27. The molecule has 5 heteroatoms. The van der Waals surface area contributed by atoms with Crippen molar-refractivity contribution in [3.8, 4) is 11.4 Å². The molecule has 1 heterocycles. The summed E-state index contributed by atoms with van der Waals surface area (Å²) >= 11 is 5.56. The largest absolute Gasteiger partial charge is 0.249 e. The molecule has 1 N–H and O–H groups in total. The maximum absolute atomic E-state index is 13.2. The van der Waals surface area contributed by atoms with Gasteiger partial charge in [0.2, 0.25) is 5.28 Å². The molecule has 2 rings (SSSR count). The molecule has 3 nitrogen and oxygen atoms in total. The van der Waals surface area contributed by atoms with Crippen LogP contribution in [0.5, 0.6) is 0 Å². The van der Waals surface area contributed by atoms with Crippen molar-refractivity contribution in [3.05, 3.63) is 34.9 Å². The minimum absolute atomic E-state index is 0.195. The molecule has 0 spiro atoms. The predicted molar refractivity (Wildman–Crippen MR) is 51.5 cm³/mol. The summed E-state index contributed by atoms with van der Waals surface area (Å²) in [7, 11) is 0. The van der Waals surface area contributed by atoms with Crippen molar-refractivity contribution in [1.82, 2.24) is 15.2 Å². The van der Waals surface area contributed by atoms with Crippen LogP contribution >= 0.6 is 11.6 Å². The second-order valence-electron chi connectivity index (χ2n) is 2.91. The van der Waals surface area contributed by atoms with E-state index in [1.165, 1.54) is 6.07 Å². The first-order valence-corrected chi connectivity index (χ1v) is 4.39. The second kappa shape index (κ2) is 3.38. The monoisotopic (exact) mass is 211 g/mol. The molecular formula is C9H7ClFN3. The topological polar surface area (TPSA) is 41.6 Å². The van der Waals surface area contributed by atoms with E-state index in [0.29, 0.717) is 17.0 Å². The van der Waals surface area contributed by atoms with Crippen LogP contribution in [0.4, 0.5) is 4.39 Å². The van der Waals surface area contributed by atoms with E-state index in [4.69, 9.17) is 11.6 Å². The van der Waals surface area contributed by atoms with Gasteiger partial charge in [-0.1, -0.05) is 12.1 Å². The summed E-state index contributed by atoms with van der Waals surface area (Å²) < 4.78 is 13.2. The number of rotatable bonds is 1.